The Kier molecular flexibility index (Phi) is 6.45. The average molecular weight is 361 g/mol. The van der Waals surface area contributed by atoms with E-state index >= 15 is 0 Å². The first-order valence-corrected chi connectivity index (χ1v) is 8.58. The molecule has 1 aromatic heterocycles. The maximum absolute atomic E-state index is 4.36. The number of nitrogens with zero attached hydrogens (tertiary/aromatic N) is 3. The second-order valence-electron chi connectivity index (χ2n) is 5.48. The summed E-state index contributed by atoms with van der Waals surface area (Å²) in [7, 11) is 5.94. The third-order valence-electron chi connectivity index (χ3n) is 3.27. The Bertz CT molecular complexity index is 468. The van der Waals surface area contributed by atoms with Crippen LogP contribution in [0.1, 0.15) is 19.5 Å². The van der Waals surface area contributed by atoms with Gasteiger partial charge >= 0.3 is 0 Å². The van der Waals surface area contributed by atoms with E-state index in [4.69, 9.17) is 0 Å². The van der Waals surface area contributed by atoms with Gasteiger partial charge in [0.25, 0.3) is 0 Å². The van der Waals surface area contributed by atoms with Gasteiger partial charge in [-0.05, 0) is 42.1 Å². The molecule has 0 aliphatic rings. The van der Waals surface area contributed by atoms with Gasteiger partial charge in [0.2, 0.25) is 0 Å². The lowest BCUT2D eigenvalue weighted by Crippen LogP contribution is -2.44. The molecule has 0 spiro atoms. The fraction of sp³-hybridized carbons (Fsp3) is 0.643. The van der Waals surface area contributed by atoms with Crippen LogP contribution in [0.3, 0.4) is 0 Å². The number of aromatic nitrogens is 1. The first-order chi connectivity index (χ1) is 9.29. The summed E-state index contributed by atoms with van der Waals surface area (Å²) >= 11 is 5.36. The SMILES string of the molecule is CN=C(NCC(C)(C)SC)N(C)Cc1cc(Br)cn1C. The molecule has 0 saturated carbocycles. The van der Waals surface area contributed by atoms with E-state index in [1.807, 2.05) is 18.8 Å². The Morgan fingerprint density at radius 2 is 2.20 bits per heavy atom. The Morgan fingerprint density at radius 1 is 1.55 bits per heavy atom. The zero-order valence-corrected chi connectivity index (χ0v) is 15.6. The van der Waals surface area contributed by atoms with Gasteiger partial charge in [-0.2, -0.15) is 11.8 Å². The highest BCUT2D eigenvalue weighted by atomic mass is 79.9. The molecule has 1 heterocycles. The van der Waals surface area contributed by atoms with E-state index in [1.54, 1.807) is 0 Å². The zero-order valence-electron chi connectivity index (χ0n) is 13.2. The molecule has 114 valence electrons. The monoisotopic (exact) mass is 360 g/mol. The van der Waals surface area contributed by atoms with Gasteiger partial charge in [0, 0.05) is 48.8 Å². The van der Waals surface area contributed by atoms with Crippen molar-refractivity contribution in [1.29, 1.82) is 0 Å². The number of aryl methyl sites for hydroxylation is 1. The lowest BCUT2D eigenvalue weighted by molar-refractivity contribution is 0.458. The molecule has 0 aliphatic heterocycles. The predicted molar refractivity (Wildman–Crippen MR) is 93.5 cm³/mol. The fourth-order valence-corrected chi connectivity index (χ4v) is 2.58. The highest BCUT2D eigenvalue weighted by Crippen LogP contribution is 2.19. The molecule has 4 nitrogen and oxygen atoms in total. The lowest BCUT2D eigenvalue weighted by Gasteiger charge is -2.27. The number of hydrogen-bond donors (Lipinski definition) is 1. The number of guanidine groups is 1. The molecule has 0 amide bonds. The Hall–Kier alpha value is -0.620. The van der Waals surface area contributed by atoms with Gasteiger partial charge in [0.15, 0.2) is 5.96 Å². The number of hydrogen-bond acceptors (Lipinski definition) is 2. The van der Waals surface area contributed by atoms with Crippen LogP contribution in [0.15, 0.2) is 21.7 Å². The zero-order chi connectivity index (χ0) is 15.3. The van der Waals surface area contributed by atoms with Crippen LogP contribution in [0.5, 0.6) is 0 Å². The second kappa shape index (κ2) is 7.41. The predicted octanol–water partition coefficient (Wildman–Crippen LogP) is 2.94. The minimum Gasteiger partial charge on any atom is -0.355 e. The molecule has 1 aromatic rings. The van der Waals surface area contributed by atoms with Crippen molar-refractivity contribution in [3.05, 3.63) is 22.4 Å². The smallest absolute Gasteiger partial charge is 0.193 e. The molecule has 0 bridgehead atoms. The summed E-state index contributed by atoms with van der Waals surface area (Å²) < 4.78 is 3.43. The molecule has 0 atom stereocenters. The second-order valence-corrected chi connectivity index (χ2v) is 7.91. The van der Waals surface area contributed by atoms with Crippen LogP contribution in [-0.2, 0) is 13.6 Å². The van der Waals surface area contributed by atoms with Gasteiger partial charge in [-0.1, -0.05) is 0 Å². The van der Waals surface area contributed by atoms with Gasteiger partial charge in [0.05, 0.1) is 6.54 Å². The molecule has 0 aliphatic carbocycles. The molecule has 1 N–H and O–H groups in total. The lowest BCUT2D eigenvalue weighted by atomic mass is 10.2. The number of nitrogens with one attached hydrogen (secondary N) is 1. The Morgan fingerprint density at radius 3 is 2.65 bits per heavy atom. The first-order valence-electron chi connectivity index (χ1n) is 6.56. The standard InChI is InChI=1S/C14H25BrN4S/c1-14(2,20-6)10-17-13(16-3)19(5)9-12-7-11(15)8-18(12)4/h7-8H,9-10H2,1-6H3,(H,16,17). The molecule has 0 radical (unpaired) electrons. The summed E-state index contributed by atoms with van der Waals surface area (Å²) in [5.41, 5.74) is 1.24. The average Bonchev–Trinajstić information content (AvgIpc) is 2.68. The van der Waals surface area contributed by atoms with E-state index in [0.29, 0.717) is 0 Å². The van der Waals surface area contributed by atoms with E-state index in [1.165, 1.54) is 5.69 Å². The van der Waals surface area contributed by atoms with E-state index in [-0.39, 0.29) is 4.75 Å². The highest BCUT2D eigenvalue weighted by Gasteiger charge is 2.17. The van der Waals surface area contributed by atoms with Crippen molar-refractivity contribution in [1.82, 2.24) is 14.8 Å². The minimum atomic E-state index is 0.199. The van der Waals surface area contributed by atoms with Crippen molar-refractivity contribution in [2.24, 2.45) is 12.0 Å². The summed E-state index contributed by atoms with van der Waals surface area (Å²) in [6, 6.07) is 2.13. The third kappa shape index (κ3) is 5.05. The molecule has 0 aromatic carbocycles. The Balaban J connectivity index is 2.64. The first kappa shape index (κ1) is 17.4. The van der Waals surface area contributed by atoms with Crippen LogP contribution in [0.4, 0.5) is 0 Å². The molecule has 20 heavy (non-hydrogen) atoms. The Labute approximate surface area is 135 Å². The maximum Gasteiger partial charge on any atom is 0.193 e. The van der Waals surface area contributed by atoms with E-state index in [2.05, 4.69) is 82.2 Å². The van der Waals surface area contributed by atoms with Crippen LogP contribution in [0.2, 0.25) is 0 Å². The number of aliphatic imine (C=N–C) groups is 1. The van der Waals surface area contributed by atoms with Crippen molar-refractivity contribution >= 4 is 33.7 Å². The van der Waals surface area contributed by atoms with Gasteiger partial charge in [0.1, 0.15) is 0 Å². The number of thioether (sulfide) groups is 1. The van der Waals surface area contributed by atoms with Crippen molar-refractivity contribution in [2.45, 2.75) is 25.1 Å². The maximum atomic E-state index is 4.36. The molecule has 0 fully saturated rings. The largest absolute Gasteiger partial charge is 0.355 e. The number of halogens is 1. The van der Waals surface area contributed by atoms with Crippen molar-refractivity contribution in [3.8, 4) is 0 Å². The molecular formula is C14H25BrN4S. The van der Waals surface area contributed by atoms with Gasteiger partial charge in [-0.15, -0.1) is 0 Å². The molecular weight excluding hydrogens is 336 g/mol. The fourth-order valence-electron chi connectivity index (χ4n) is 1.79. The van der Waals surface area contributed by atoms with Crippen molar-refractivity contribution in [2.75, 3.05) is 26.9 Å². The molecule has 0 unspecified atom stereocenters. The summed E-state index contributed by atoms with van der Waals surface area (Å²) in [4.78, 5) is 6.50. The summed E-state index contributed by atoms with van der Waals surface area (Å²) in [5.74, 6) is 0.921. The van der Waals surface area contributed by atoms with Crippen LogP contribution in [0.25, 0.3) is 0 Å². The summed E-state index contributed by atoms with van der Waals surface area (Å²) in [6.07, 6.45) is 4.20. The van der Waals surface area contributed by atoms with Crippen LogP contribution in [0, 0.1) is 0 Å². The van der Waals surface area contributed by atoms with Gasteiger partial charge < -0.3 is 14.8 Å². The van der Waals surface area contributed by atoms with Crippen LogP contribution < -0.4 is 5.32 Å². The topological polar surface area (TPSA) is 32.6 Å². The quantitative estimate of drug-likeness (QED) is 0.647. The molecule has 6 heteroatoms. The van der Waals surface area contributed by atoms with Gasteiger partial charge in [-0.25, -0.2) is 0 Å². The van der Waals surface area contributed by atoms with E-state index in [0.717, 1.165) is 23.5 Å². The van der Waals surface area contributed by atoms with E-state index < -0.39 is 0 Å². The minimum absolute atomic E-state index is 0.199. The van der Waals surface area contributed by atoms with Gasteiger partial charge in [-0.3, -0.25) is 4.99 Å². The van der Waals surface area contributed by atoms with Crippen molar-refractivity contribution in [3.63, 3.8) is 0 Å². The van der Waals surface area contributed by atoms with Crippen molar-refractivity contribution < 1.29 is 0 Å². The normalized spacial score (nSPS) is 12.7. The summed E-state index contributed by atoms with van der Waals surface area (Å²) in [5, 5.41) is 3.44. The van der Waals surface area contributed by atoms with E-state index in [9.17, 15) is 0 Å². The summed E-state index contributed by atoms with van der Waals surface area (Å²) in [6.45, 7) is 6.17. The van der Waals surface area contributed by atoms with Crippen LogP contribution >= 0.6 is 27.7 Å². The third-order valence-corrected chi connectivity index (χ3v) is 4.96. The number of rotatable bonds is 5. The van der Waals surface area contributed by atoms with Crippen LogP contribution in [-0.4, -0.2) is 47.1 Å². The highest BCUT2D eigenvalue weighted by molar-refractivity contribution is 9.10. The molecule has 0 saturated heterocycles. The molecule has 1 rings (SSSR count).